The van der Waals surface area contributed by atoms with Gasteiger partial charge in [0.25, 0.3) is 0 Å². The molecule has 126 valence electrons. The Morgan fingerprint density at radius 2 is 1.32 bits per heavy atom. The second kappa shape index (κ2) is 5.45. The van der Waals surface area contributed by atoms with Crippen LogP contribution in [0.2, 0.25) is 0 Å². The summed E-state index contributed by atoms with van der Waals surface area (Å²) in [4.78, 5) is 27.1. The van der Waals surface area contributed by atoms with Crippen LogP contribution in [0.1, 0.15) is 19.3 Å². The van der Waals surface area contributed by atoms with Crippen LogP contribution in [-0.2, 0) is 9.59 Å². The predicted octanol–water partition coefficient (Wildman–Crippen LogP) is 3.97. The molecule has 4 heteroatoms. The molecule has 4 unspecified atom stereocenters. The fourth-order valence-electron chi connectivity index (χ4n) is 5.05. The number of carbonyl (C=O) groups is 2. The molecule has 3 fully saturated rings. The highest BCUT2D eigenvalue weighted by Crippen LogP contribution is 2.56. The maximum absolute atomic E-state index is 12.9. The third-order valence-electron chi connectivity index (χ3n) is 6.12. The van der Waals surface area contributed by atoms with Crippen LogP contribution in [-0.4, -0.2) is 11.8 Å². The van der Waals surface area contributed by atoms with Gasteiger partial charge in [0.1, 0.15) is 0 Å². The maximum atomic E-state index is 12.9. The number of fused-ring (bicyclic) bond motifs is 5. The van der Waals surface area contributed by atoms with Crippen LogP contribution in [0, 0.1) is 23.7 Å². The molecule has 2 aromatic carbocycles. The van der Waals surface area contributed by atoms with Crippen molar-refractivity contribution in [1.29, 1.82) is 0 Å². The molecule has 1 saturated heterocycles. The third-order valence-corrected chi connectivity index (χ3v) is 6.12. The molecule has 5 rings (SSSR count). The number of imide groups is 1. The van der Waals surface area contributed by atoms with Crippen LogP contribution in [0.15, 0.2) is 54.6 Å². The average molecular weight is 332 g/mol. The van der Waals surface area contributed by atoms with Gasteiger partial charge in [-0.25, -0.2) is 0 Å². The first-order chi connectivity index (χ1) is 12.2. The molecule has 2 aromatic rings. The second-order valence-electron chi connectivity index (χ2n) is 7.43. The number of hydrogen-bond acceptors (Lipinski definition) is 3. The highest BCUT2D eigenvalue weighted by molar-refractivity contribution is 6.22. The lowest BCUT2D eigenvalue weighted by Crippen LogP contribution is -2.32. The molecule has 2 amide bonds. The zero-order valence-electron chi connectivity index (χ0n) is 13.9. The zero-order valence-corrected chi connectivity index (χ0v) is 13.9. The molecule has 1 N–H and O–H groups in total. The molecule has 4 nitrogen and oxygen atoms in total. The van der Waals surface area contributed by atoms with E-state index < -0.39 is 0 Å². The van der Waals surface area contributed by atoms with Crippen LogP contribution in [0.3, 0.4) is 0 Å². The Morgan fingerprint density at radius 3 is 1.92 bits per heavy atom. The van der Waals surface area contributed by atoms with E-state index >= 15 is 0 Å². The van der Waals surface area contributed by atoms with Gasteiger partial charge < -0.3 is 5.32 Å². The summed E-state index contributed by atoms with van der Waals surface area (Å²) in [7, 11) is 0. The smallest absolute Gasteiger partial charge is 0.237 e. The average Bonchev–Trinajstić information content (AvgIpc) is 3.31. The van der Waals surface area contributed by atoms with E-state index in [4.69, 9.17) is 0 Å². The molecule has 1 aliphatic heterocycles. The van der Waals surface area contributed by atoms with E-state index in [1.165, 1.54) is 4.90 Å². The van der Waals surface area contributed by atoms with Crippen molar-refractivity contribution >= 4 is 28.9 Å². The Morgan fingerprint density at radius 1 is 0.760 bits per heavy atom. The standard InChI is InChI=1S/C21H20N2O2/c24-20-18-13-6-7-14(12-13)19(18)21(25)23(20)17-10-8-16(9-11-17)22-15-4-2-1-3-5-15/h1-5,8-11,13-14,18-19,22H,6-7,12H2. The normalized spacial score (nSPS) is 30.0. The summed E-state index contributed by atoms with van der Waals surface area (Å²) >= 11 is 0. The van der Waals surface area contributed by atoms with Crippen molar-refractivity contribution < 1.29 is 9.59 Å². The molecule has 0 aromatic heterocycles. The first-order valence-corrected chi connectivity index (χ1v) is 9.02. The van der Waals surface area contributed by atoms with Gasteiger partial charge in [-0.1, -0.05) is 18.2 Å². The van der Waals surface area contributed by atoms with E-state index in [0.717, 1.165) is 30.6 Å². The lowest BCUT2D eigenvalue weighted by Gasteiger charge is -2.19. The lowest BCUT2D eigenvalue weighted by molar-refractivity contribution is -0.123. The number of amides is 2. The minimum atomic E-state index is -0.0617. The number of rotatable bonds is 3. The van der Waals surface area contributed by atoms with Crippen LogP contribution >= 0.6 is 0 Å². The Hall–Kier alpha value is -2.62. The van der Waals surface area contributed by atoms with Crippen LogP contribution in [0.5, 0.6) is 0 Å². The van der Waals surface area contributed by atoms with E-state index in [1.807, 2.05) is 54.6 Å². The van der Waals surface area contributed by atoms with Gasteiger partial charge in [0.2, 0.25) is 11.8 Å². The summed E-state index contributed by atoms with van der Waals surface area (Å²) in [5.41, 5.74) is 2.64. The number of nitrogens with zero attached hydrogens (tertiary/aromatic N) is 1. The molecular formula is C21H20N2O2. The highest BCUT2D eigenvalue weighted by Gasteiger charge is 2.61. The minimum Gasteiger partial charge on any atom is -0.356 e. The van der Waals surface area contributed by atoms with E-state index in [2.05, 4.69) is 5.32 Å². The highest BCUT2D eigenvalue weighted by atomic mass is 16.2. The summed E-state index contributed by atoms with van der Waals surface area (Å²) in [6.45, 7) is 0. The fourth-order valence-corrected chi connectivity index (χ4v) is 5.05. The van der Waals surface area contributed by atoms with Crippen molar-refractivity contribution in [3.63, 3.8) is 0 Å². The van der Waals surface area contributed by atoms with Gasteiger partial charge in [-0.2, -0.15) is 0 Å². The SMILES string of the molecule is O=C1C2C3CCC(C3)C2C(=O)N1c1ccc(Nc2ccccc2)cc1. The second-order valence-corrected chi connectivity index (χ2v) is 7.43. The summed E-state index contributed by atoms with van der Waals surface area (Å²) in [6.07, 6.45) is 3.29. The molecule has 0 radical (unpaired) electrons. The zero-order chi connectivity index (χ0) is 17.0. The monoisotopic (exact) mass is 332 g/mol. The van der Waals surface area contributed by atoms with Gasteiger partial charge in [-0.05, 0) is 67.5 Å². The summed E-state index contributed by atoms with van der Waals surface area (Å²) in [5.74, 6) is 0.768. The van der Waals surface area contributed by atoms with E-state index in [0.29, 0.717) is 17.5 Å². The molecule has 3 aliphatic rings. The number of para-hydroxylation sites is 1. The van der Waals surface area contributed by atoms with Crippen molar-refractivity contribution in [2.24, 2.45) is 23.7 Å². The Balaban J connectivity index is 1.39. The fraction of sp³-hybridized carbons (Fsp3) is 0.333. The van der Waals surface area contributed by atoms with Gasteiger partial charge in [-0.3, -0.25) is 14.5 Å². The van der Waals surface area contributed by atoms with Crippen LogP contribution < -0.4 is 10.2 Å². The van der Waals surface area contributed by atoms with Gasteiger partial charge in [0.15, 0.2) is 0 Å². The van der Waals surface area contributed by atoms with Crippen LogP contribution in [0.4, 0.5) is 17.1 Å². The Kier molecular flexibility index (Phi) is 3.20. The Bertz CT molecular complexity index is 803. The first-order valence-electron chi connectivity index (χ1n) is 9.02. The van der Waals surface area contributed by atoms with Crippen molar-refractivity contribution in [2.45, 2.75) is 19.3 Å². The Labute approximate surface area is 146 Å². The number of nitrogens with one attached hydrogen (secondary N) is 1. The topological polar surface area (TPSA) is 49.4 Å². The summed E-state index contributed by atoms with van der Waals surface area (Å²) < 4.78 is 0. The molecule has 1 heterocycles. The minimum absolute atomic E-state index is 0.0194. The van der Waals surface area contributed by atoms with E-state index in [1.54, 1.807) is 0 Å². The lowest BCUT2D eigenvalue weighted by atomic mass is 9.81. The number of carbonyl (C=O) groups excluding carboxylic acids is 2. The maximum Gasteiger partial charge on any atom is 0.237 e. The van der Waals surface area contributed by atoms with Gasteiger partial charge >= 0.3 is 0 Å². The van der Waals surface area contributed by atoms with Crippen molar-refractivity contribution in [1.82, 2.24) is 0 Å². The molecule has 2 bridgehead atoms. The largest absolute Gasteiger partial charge is 0.356 e. The molecule has 25 heavy (non-hydrogen) atoms. The first kappa shape index (κ1) is 14.7. The van der Waals surface area contributed by atoms with E-state index in [9.17, 15) is 9.59 Å². The molecule has 2 aliphatic carbocycles. The van der Waals surface area contributed by atoms with Gasteiger partial charge in [-0.15, -0.1) is 0 Å². The van der Waals surface area contributed by atoms with Crippen molar-refractivity contribution in [3.05, 3.63) is 54.6 Å². The molecule has 0 spiro atoms. The number of benzene rings is 2. The summed E-state index contributed by atoms with van der Waals surface area (Å²) in [5, 5.41) is 3.32. The third kappa shape index (κ3) is 2.20. The number of hydrogen-bond donors (Lipinski definition) is 1. The molecular weight excluding hydrogens is 312 g/mol. The van der Waals surface area contributed by atoms with Crippen molar-refractivity contribution in [2.75, 3.05) is 10.2 Å². The molecule has 4 atom stereocenters. The van der Waals surface area contributed by atoms with Gasteiger partial charge in [0.05, 0.1) is 17.5 Å². The molecule has 2 saturated carbocycles. The van der Waals surface area contributed by atoms with Crippen LogP contribution in [0.25, 0.3) is 0 Å². The quantitative estimate of drug-likeness (QED) is 0.865. The van der Waals surface area contributed by atoms with Gasteiger partial charge in [0, 0.05) is 11.4 Å². The van der Waals surface area contributed by atoms with Crippen molar-refractivity contribution in [3.8, 4) is 0 Å². The number of anilines is 3. The van der Waals surface area contributed by atoms with E-state index in [-0.39, 0.29) is 23.7 Å². The predicted molar refractivity (Wildman–Crippen MR) is 96.5 cm³/mol. The summed E-state index contributed by atoms with van der Waals surface area (Å²) in [6, 6.07) is 17.5.